The molecule has 0 spiro atoms. The Labute approximate surface area is 158 Å². The van der Waals surface area contributed by atoms with Gasteiger partial charge in [-0.2, -0.15) is 11.8 Å². The quantitative estimate of drug-likeness (QED) is 0.328. The van der Waals surface area contributed by atoms with E-state index in [9.17, 15) is 4.79 Å². The Morgan fingerprint density at radius 1 is 1.28 bits per heavy atom. The van der Waals surface area contributed by atoms with Crippen LogP contribution in [0.2, 0.25) is 0 Å². The maximum atomic E-state index is 12.2. The van der Waals surface area contributed by atoms with Crippen LogP contribution in [0.3, 0.4) is 0 Å². The number of rotatable bonds is 11. The molecule has 0 saturated carbocycles. The predicted molar refractivity (Wildman–Crippen MR) is 110 cm³/mol. The van der Waals surface area contributed by atoms with Crippen LogP contribution < -0.4 is 10.6 Å². The molecule has 1 aliphatic heterocycles. The van der Waals surface area contributed by atoms with Crippen molar-refractivity contribution in [3.05, 3.63) is 0 Å². The van der Waals surface area contributed by atoms with Crippen LogP contribution in [0.1, 0.15) is 39.0 Å². The molecule has 2 N–H and O–H groups in total. The van der Waals surface area contributed by atoms with E-state index in [-0.39, 0.29) is 11.9 Å². The summed E-state index contributed by atoms with van der Waals surface area (Å²) in [6.45, 7) is 6.70. The summed E-state index contributed by atoms with van der Waals surface area (Å²) in [4.78, 5) is 20.9. The topological polar surface area (TPSA) is 60.0 Å². The number of likely N-dealkylation sites (N-methyl/N-ethyl adjacent to an activating group) is 1. The van der Waals surface area contributed by atoms with Crippen molar-refractivity contribution in [3.8, 4) is 0 Å². The van der Waals surface area contributed by atoms with E-state index < -0.39 is 0 Å². The van der Waals surface area contributed by atoms with E-state index in [4.69, 9.17) is 0 Å². The number of thioether (sulfide) groups is 1. The highest BCUT2D eigenvalue weighted by Gasteiger charge is 2.30. The lowest BCUT2D eigenvalue weighted by Crippen LogP contribution is -2.43. The molecule has 0 bridgehead atoms. The number of guanidine groups is 1. The van der Waals surface area contributed by atoms with Crippen LogP contribution in [-0.2, 0) is 4.79 Å². The van der Waals surface area contributed by atoms with Gasteiger partial charge in [-0.15, -0.1) is 0 Å². The van der Waals surface area contributed by atoms with Gasteiger partial charge in [0.1, 0.15) is 0 Å². The van der Waals surface area contributed by atoms with Crippen LogP contribution in [0, 0.1) is 0 Å². The van der Waals surface area contributed by atoms with Gasteiger partial charge in [0.15, 0.2) is 5.96 Å². The summed E-state index contributed by atoms with van der Waals surface area (Å²) in [5.41, 5.74) is 0. The predicted octanol–water partition coefficient (Wildman–Crippen LogP) is 1.63. The molecule has 1 atom stereocenters. The second-order valence-corrected chi connectivity index (χ2v) is 7.65. The summed E-state index contributed by atoms with van der Waals surface area (Å²) >= 11 is 1.90. The summed E-state index contributed by atoms with van der Waals surface area (Å²) in [5.74, 6) is 2.37. The van der Waals surface area contributed by atoms with Gasteiger partial charge in [-0.3, -0.25) is 14.7 Å². The second-order valence-electron chi connectivity index (χ2n) is 6.67. The Morgan fingerprint density at radius 2 is 2.08 bits per heavy atom. The summed E-state index contributed by atoms with van der Waals surface area (Å²) in [7, 11) is 3.69. The average Bonchev–Trinajstić information content (AvgIpc) is 3.05. The zero-order valence-corrected chi connectivity index (χ0v) is 17.3. The van der Waals surface area contributed by atoms with Crippen LogP contribution in [0.4, 0.5) is 0 Å². The lowest BCUT2D eigenvalue weighted by molar-refractivity contribution is -0.133. The number of amides is 1. The van der Waals surface area contributed by atoms with E-state index in [2.05, 4.69) is 33.7 Å². The lowest BCUT2D eigenvalue weighted by Gasteiger charge is -2.25. The molecule has 0 radical (unpaired) electrons. The number of unbranched alkanes of at least 4 members (excludes halogenated alkanes) is 1. The highest BCUT2D eigenvalue weighted by Crippen LogP contribution is 2.18. The lowest BCUT2D eigenvalue weighted by atomic mass is 10.2. The third kappa shape index (κ3) is 8.81. The minimum Gasteiger partial charge on any atom is -0.357 e. The first-order valence-electron chi connectivity index (χ1n) is 9.56. The molecular weight excluding hydrogens is 334 g/mol. The fourth-order valence-electron chi connectivity index (χ4n) is 3.06. The Hall–Kier alpha value is -0.950. The molecule has 0 aromatic heterocycles. The zero-order chi connectivity index (χ0) is 18.5. The van der Waals surface area contributed by atoms with Gasteiger partial charge >= 0.3 is 0 Å². The van der Waals surface area contributed by atoms with Gasteiger partial charge in [0.05, 0.1) is 6.04 Å². The van der Waals surface area contributed by atoms with Gasteiger partial charge in [-0.05, 0) is 57.6 Å². The first-order valence-corrected chi connectivity index (χ1v) is 11.0. The van der Waals surface area contributed by atoms with Crippen molar-refractivity contribution in [1.29, 1.82) is 0 Å². The molecule has 1 unspecified atom stereocenters. The Morgan fingerprint density at radius 3 is 2.76 bits per heavy atom. The molecule has 1 rings (SSSR count). The van der Waals surface area contributed by atoms with Gasteiger partial charge in [-0.1, -0.05) is 0 Å². The van der Waals surface area contributed by atoms with E-state index in [0.29, 0.717) is 0 Å². The van der Waals surface area contributed by atoms with Crippen LogP contribution in [0.15, 0.2) is 4.99 Å². The average molecular weight is 372 g/mol. The van der Waals surface area contributed by atoms with Crippen molar-refractivity contribution in [2.24, 2.45) is 4.99 Å². The third-order valence-corrected chi connectivity index (χ3v) is 5.07. The van der Waals surface area contributed by atoms with Crippen molar-refractivity contribution in [3.63, 3.8) is 0 Å². The number of carbonyl (C=O) groups is 1. The standard InChI is InChI=1S/C18H37N5OS/c1-5-19-18(20-11-6-7-15-25-4)21-12-9-14-23-13-8-10-16(23)17(24)22(2)3/h16H,5-15H2,1-4H3,(H2,19,20,21). The molecule has 146 valence electrons. The molecule has 1 heterocycles. The van der Waals surface area contributed by atoms with Crippen molar-refractivity contribution >= 4 is 23.6 Å². The smallest absolute Gasteiger partial charge is 0.239 e. The minimum absolute atomic E-state index is 0.0711. The number of carbonyl (C=O) groups excluding carboxylic acids is 1. The first-order chi connectivity index (χ1) is 12.1. The highest BCUT2D eigenvalue weighted by molar-refractivity contribution is 7.98. The van der Waals surface area contributed by atoms with E-state index in [1.165, 1.54) is 18.6 Å². The number of hydrogen-bond acceptors (Lipinski definition) is 4. The molecule has 1 saturated heterocycles. The van der Waals surface area contributed by atoms with Gasteiger partial charge in [0, 0.05) is 40.3 Å². The van der Waals surface area contributed by atoms with Crippen molar-refractivity contribution in [1.82, 2.24) is 20.4 Å². The summed E-state index contributed by atoms with van der Waals surface area (Å²) < 4.78 is 0. The summed E-state index contributed by atoms with van der Waals surface area (Å²) in [6, 6.07) is 0.0711. The summed E-state index contributed by atoms with van der Waals surface area (Å²) in [6.07, 6.45) is 7.65. The molecule has 0 aromatic carbocycles. The maximum absolute atomic E-state index is 12.2. The fourth-order valence-corrected chi connectivity index (χ4v) is 3.55. The molecule has 6 nitrogen and oxygen atoms in total. The monoisotopic (exact) mass is 371 g/mol. The Bertz CT molecular complexity index is 403. The van der Waals surface area contributed by atoms with Crippen LogP contribution in [0.5, 0.6) is 0 Å². The van der Waals surface area contributed by atoms with Gasteiger partial charge < -0.3 is 15.5 Å². The Balaban J connectivity index is 2.31. The van der Waals surface area contributed by atoms with Gasteiger partial charge in [0.2, 0.25) is 5.91 Å². The van der Waals surface area contributed by atoms with Crippen molar-refractivity contribution < 1.29 is 4.79 Å². The zero-order valence-electron chi connectivity index (χ0n) is 16.5. The maximum Gasteiger partial charge on any atom is 0.239 e. The van der Waals surface area contributed by atoms with Crippen molar-refractivity contribution in [2.45, 2.75) is 45.1 Å². The largest absolute Gasteiger partial charge is 0.357 e. The van der Waals surface area contributed by atoms with E-state index >= 15 is 0 Å². The molecule has 0 aliphatic carbocycles. The second kappa shape index (κ2) is 13.3. The third-order valence-electron chi connectivity index (χ3n) is 4.37. The normalized spacial score (nSPS) is 18.4. The van der Waals surface area contributed by atoms with E-state index in [1.807, 2.05) is 25.9 Å². The van der Waals surface area contributed by atoms with Crippen LogP contribution in [0.25, 0.3) is 0 Å². The number of aliphatic imine (C=N–C) groups is 1. The molecule has 1 amide bonds. The number of likely N-dealkylation sites (tertiary alicyclic amines) is 1. The molecule has 0 aromatic rings. The fraction of sp³-hybridized carbons (Fsp3) is 0.889. The molecule has 25 heavy (non-hydrogen) atoms. The summed E-state index contributed by atoms with van der Waals surface area (Å²) in [5, 5.41) is 6.71. The first kappa shape index (κ1) is 22.1. The van der Waals surface area contributed by atoms with Crippen molar-refractivity contribution in [2.75, 3.05) is 58.8 Å². The molecule has 7 heteroatoms. The van der Waals surface area contributed by atoms with E-state index in [1.54, 1.807) is 4.90 Å². The molecular formula is C18H37N5OS. The van der Waals surface area contributed by atoms with Crippen LogP contribution in [-0.4, -0.2) is 86.5 Å². The van der Waals surface area contributed by atoms with Crippen LogP contribution >= 0.6 is 11.8 Å². The highest BCUT2D eigenvalue weighted by atomic mass is 32.2. The molecule has 1 fully saturated rings. The number of hydrogen-bond donors (Lipinski definition) is 2. The number of nitrogens with one attached hydrogen (secondary N) is 2. The van der Waals surface area contributed by atoms with E-state index in [0.717, 1.165) is 57.9 Å². The van der Waals surface area contributed by atoms with Gasteiger partial charge in [0.25, 0.3) is 0 Å². The number of nitrogens with zero attached hydrogens (tertiary/aromatic N) is 3. The SMILES string of the molecule is CCNC(=NCCCN1CCCC1C(=O)N(C)C)NCCCCSC. The Kier molecular flexibility index (Phi) is 11.7. The van der Waals surface area contributed by atoms with Gasteiger partial charge in [-0.25, -0.2) is 0 Å². The minimum atomic E-state index is 0.0711. The molecule has 1 aliphatic rings.